The Morgan fingerprint density at radius 3 is 2.52 bits per heavy atom. The van der Waals surface area contributed by atoms with Gasteiger partial charge in [0.05, 0.1) is 14.9 Å². The molecule has 3 rings (SSSR count). The topological polar surface area (TPSA) is 80.2 Å². The number of fused-ring (bicyclic) bond motifs is 1. The molecule has 2 amide bonds. The van der Waals surface area contributed by atoms with E-state index >= 15 is 0 Å². The summed E-state index contributed by atoms with van der Waals surface area (Å²) in [4.78, 5) is 12.0. The monoisotopic (exact) mass is 397 g/mol. The fourth-order valence-electron chi connectivity index (χ4n) is 2.34. The van der Waals surface area contributed by atoms with Crippen LogP contribution in [0.15, 0.2) is 53.6 Å². The summed E-state index contributed by atoms with van der Waals surface area (Å²) < 4.78 is 28.6. The standard InChI is InChI=1S/C16H13Cl2N3O3S/c1-21-7-6-10-8-12(3-5-15(10)21)25(23,24)20-16(22)19-11-2-4-13(17)14(18)9-11/h2-9H,1H3,(H2,19,20,22). The molecule has 9 heteroatoms. The van der Waals surface area contributed by atoms with Crippen molar-refractivity contribution in [3.05, 3.63) is 58.7 Å². The number of carbonyl (C=O) groups is 1. The molecule has 2 aromatic carbocycles. The van der Waals surface area contributed by atoms with Crippen LogP contribution in [-0.4, -0.2) is 19.0 Å². The van der Waals surface area contributed by atoms with E-state index in [1.165, 1.54) is 30.3 Å². The second-order valence-corrected chi connectivity index (χ2v) is 7.83. The summed E-state index contributed by atoms with van der Waals surface area (Å²) in [5, 5.41) is 3.74. The van der Waals surface area contributed by atoms with Crippen molar-refractivity contribution >= 4 is 55.8 Å². The maximum absolute atomic E-state index is 12.4. The minimum atomic E-state index is -4.01. The Morgan fingerprint density at radius 1 is 1.04 bits per heavy atom. The zero-order valence-corrected chi connectivity index (χ0v) is 15.3. The summed E-state index contributed by atoms with van der Waals surface area (Å²) in [5.74, 6) is 0. The van der Waals surface area contributed by atoms with Gasteiger partial charge in [0.25, 0.3) is 10.0 Å². The fourth-order valence-corrected chi connectivity index (χ4v) is 3.58. The van der Waals surface area contributed by atoms with Gasteiger partial charge in [0.1, 0.15) is 0 Å². The van der Waals surface area contributed by atoms with Gasteiger partial charge < -0.3 is 9.88 Å². The van der Waals surface area contributed by atoms with Gasteiger partial charge in [0.2, 0.25) is 0 Å². The Balaban J connectivity index is 1.79. The Bertz CT molecular complexity index is 1080. The highest BCUT2D eigenvalue weighted by Crippen LogP contribution is 2.25. The third-order valence-electron chi connectivity index (χ3n) is 3.57. The van der Waals surface area contributed by atoms with Crippen LogP contribution < -0.4 is 10.0 Å². The van der Waals surface area contributed by atoms with Gasteiger partial charge in [-0.05, 0) is 42.5 Å². The second-order valence-electron chi connectivity index (χ2n) is 5.34. The number of aryl methyl sites for hydroxylation is 1. The van der Waals surface area contributed by atoms with Crippen LogP contribution in [0, 0.1) is 0 Å². The lowest BCUT2D eigenvalue weighted by atomic mass is 10.2. The van der Waals surface area contributed by atoms with Gasteiger partial charge in [-0.25, -0.2) is 17.9 Å². The largest absolute Gasteiger partial charge is 0.351 e. The molecule has 0 aliphatic carbocycles. The Hall–Kier alpha value is -2.22. The number of rotatable bonds is 3. The molecule has 0 bridgehead atoms. The molecule has 25 heavy (non-hydrogen) atoms. The highest BCUT2D eigenvalue weighted by molar-refractivity contribution is 7.90. The number of nitrogens with one attached hydrogen (secondary N) is 2. The van der Waals surface area contributed by atoms with Crippen LogP contribution in [-0.2, 0) is 17.1 Å². The third kappa shape index (κ3) is 3.73. The predicted octanol–water partition coefficient (Wildman–Crippen LogP) is 4.00. The lowest BCUT2D eigenvalue weighted by Crippen LogP contribution is -2.34. The van der Waals surface area contributed by atoms with Crippen molar-refractivity contribution in [3.63, 3.8) is 0 Å². The van der Waals surface area contributed by atoms with Gasteiger partial charge in [-0.1, -0.05) is 23.2 Å². The molecule has 3 aromatic rings. The van der Waals surface area contributed by atoms with Gasteiger partial charge in [-0.3, -0.25) is 0 Å². The molecule has 1 aromatic heterocycles. The van der Waals surface area contributed by atoms with Crippen LogP contribution in [0.5, 0.6) is 0 Å². The molecular formula is C16H13Cl2N3O3S. The molecule has 0 aliphatic heterocycles. The van der Waals surface area contributed by atoms with Crippen molar-refractivity contribution in [1.29, 1.82) is 0 Å². The zero-order valence-electron chi connectivity index (χ0n) is 13.0. The summed E-state index contributed by atoms with van der Waals surface area (Å²) in [6.07, 6.45) is 1.82. The molecule has 0 aliphatic rings. The SMILES string of the molecule is Cn1ccc2cc(S(=O)(=O)NC(=O)Nc3ccc(Cl)c(Cl)c3)ccc21. The second kappa shape index (κ2) is 6.59. The summed E-state index contributed by atoms with van der Waals surface area (Å²) >= 11 is 11.7. The maximum Gasteiger partial charge on any atom is 0.333 e. The summed E-state index contributed by atoms with van der Waals surface area (Å²) in [6, 6.07) is 9.96. The lowest BCUT2D eigenvalue weighted by molar-refractivity contribution is 0.256. The van der Waals surface area contributed by atoms with E-state index in [-0.39, 0.29) is 9.92 Å². The van der Waals surface area contributed by atoms with E-state index in [4.69, 9.17) is 23.2 Å². The number of carbonyl (C=O) groups excluding carboxylic acids is 1. The minimum absolute atomic E-state index is 0.00418. The van der Waals surface area contributed by atoms with Crippen LogP contribution in [0.25, 0.3) is 10.9 Å². The van der Waals surface area contributed by atoms with E-state index in [0.717, 1.165) is 10.9 Å². The average Bonchev–Trinajstić information content (AvgIpc) is 2.91. The van der Waals surface area contributed by atoms with Crippen molar-refractivity contribution in [2.24, 2.45) is 7.05 Å². The number of sulfonamides is 1. The first kappa shape index (κ1) is 17.6. The molecule has 0 radical (unpaired) electrons. The third-order valence-corrected chi connectivity index (χ3v) is 5.64. The van der Waals surface area contributed by atoms with Gasteiger partial charge in [0, 0.05) is 29.8 Å². The normalized spacial score (nSPS) is 11.5. The van der Waals surface area contributed by atoms with E-state index in [1.54, 1.807) is 12.1 Å². The van der Waals surface area contributed by atoms with Crippen molar-refractivity contribution in [2.75, 3.05) is 5.32 Å². The molecule has 0 saturated carbocycles. The first-order chi connectivity index (χ1) is 11.8. The average molecular weight is 398 g/mol. The van der Waals surface area contributed by atoms with Crippen LogP contribution in [0.1, 0.15) is 0 Å². The van der Waals surface area contributed by atoms with Crippen molar-refractivity contribution in [1.82, 2.24) is 9.29 Å². The van der Waals surface area contributed by atoms with Gasteiger partial charge in [0.15, 0.2) is 0 Å². The molecule has 0 atom stereocenters. The maximum atomic E-state index is 12.4. The molecule has 130 valence electrons. The number of halogens is 2. The Morgan fingerprint density at radius 2 is 1.80 bits per heavy atom. The number of aromatic nitrogens is 1. The van der Waals surface area contributed by atoms with Crippen LogP contribution in [0.2, 0.25) is 10.0 Å². The first-order valence-corrected chi connectivity index (χ1v) is 9.34. The summed E-state index contributed by atoms with van der Waals surface area (Å²) in [6.45, 7) is 0. The fraction of sp³-hybridized carbons (Fsp3) is 0.0625. The Labute approximate surface area is 154 Å². The zero-order chi connectivity index (χ0) is 18.2. The van der Waals surface area contributed by atoms with Crippen LogP contribution in [0.4, 0.5) is 10.5 Å². The number of anilines is 1. The smallest absolute Gasteiger partial charge is 0.333 e. The number of urea groups is 1. The quantitative estimate of drug-likeness (QED) is 0.700. The number of amides is 2. The van der Waals surface area contributed by atoms with E-state index in [9.17, 15) is 13.2 Å². The van der Waals surface area contributed by atoms with Gasteiger partial charge in [-0.15, -0.1) is 0 Å². The van der Waals surface area contributed by atoms with E-state index in [2.05, 4.69) is 5.32 Å². The molecule has 0 fully saturated rings. The molecule has 0 spiro atoms. The Kier molecular flexibility index (Phi) is 4.64. The molecule has 2 N–H and O–H groups in total. The predicted molar refractivity (Wildman–Crippen MR) is 98.7 cm³/mol. The van der Waals surface area contributed by atoms with Gasteiger partial charge in [-0.2, -0.15) is 0 Å². The van der Waals surface area contributed by atoms with Crippen molar-refractivity contribution in [2.45, 2.75) is 4.90 Å². The number of nitrogens with zero attached hydrogens (tertiary/aromatic N) is 1. The molecular weight excluding hydrogens is 385 g/mol. The summed E-state index contributed by atoms with van der Waals surface area (Å²) in [5.41, 5.74) is 1.21. The molecule has 0 unspecified atom stereocenters. The van der Waals surface area contributed by atoms with E-state index < -0.39 is 16.1 Å². The molecule has 1 heterocycles. The first-order valence-electron chi connectivity index (χ1n) is 7.10. The van der Waals surface area contributed by atoms with E-state index in [0.29, 0.717) is 10.7 Å². The lowest BCUT2D eigenvalue weighted by Gasteiger charge is -2.09. The minimum Gasteiger partial charge on any atom is -0.351 e. The number of hydrogen-bond donors (Lipinski definition) is 2. The van der Waals surface area contributed by atoms with Crippen LogP contribution >= 0.6 is 23.2 Å². The van der Waals surface area contributed by atoms with Gasteiger partial charge >= 0.3 is 6.03 Å². The number of benzene rings is 2. The van der Waals surface area contributed by atoms with Crippen molar-refractivity contribution < 1.29 is 13.2 Å². The van der Waals surface area contributed by atoms with E-state index in [1.807, 2.05) is 22.5 Å². The highest BCUT2D eigenvalue weighted by atomic mass is 35.5. The van der Waals surface area contributed by atoms with Crippen LogP contribution in [0.3, 0.4) is 0 Å². The number of hydrogen-bond acceptors (Lipinski definition) is 3. The molecule has 6 nitrogen and oxygen atoms in total. The van der Waals surface area contributed by atoms with Crippen molar-refractivity contribution in [3.8, 4) is 0 Å². The molecule has 0 saturated heterocycles. The summed E-state index contributed by atoms with van der Waals surface area (Å²) in [7, 11) is -2.15. The highest BCUT2D eigenvalue weighted by Gasteiger charge is 2.18.